The zero-order chi connectivity index (χ0) is 15.6. The number of aromatic nitrogens is 2. The zero-order valence-electron chi connectivity index (χ0n) is 10.7. The summed E-state index contributed by atoms with van der Waals surface area (Å²) in [5, 5.41) is 0.388. The lowest BCUT2D eigenvalue weighted by atomic mass is 10.1. The molecule has 0 unspecified atom stereocenters. The van der Waals surface area contributed by atoms with Gasteiger partial charge < -0.3 is 19.8 Å². The Morgan fingerprint density at radius 1 is 1.19 bits per heavy atom. The summed E-state index contributed by atoms with van der Waals surface area (Å²) in [6.07, 6.45) is 2.11. The molecular weight excluding hydrogens is 319 g/mol. The van der Waals surface area contributed by atoms with Crippen LogP contribution >= 0.6 is 19.2 Å². The van der Waals surface area contributed by atoms with E-state index in [0.717, 1.165) is 5.82 Å². The van der Waals surface area contributed by atoms with Crippen molar-refractivity contribution in [3.8, 4) is 0 Å². The maximum atomic E-state index is 11.4. The van der Waals surface area contributed by atoms with E-state index in [-0.39, 0.29) is 0 Å². The molecule has 1 aromatic heterocycles. The standard InChI is InChI=1S/C12H12ClN2O5P/c13-8-5-7(3-1-2-4-21(18,19)20)10-9(6-8)14-11(16)12(17)15-10/h2,4-6H,1,3H2,(H,14,16)(H,15,17)(H2,18,19,20)/b4-2+. The first-order chi connectivity index (χ1) is 9.76. The highest BCUT2D eigenvalue weighted by atomic mass is 35.5. The molecule has 1 heterocycles. The topological polar surface area (TPSA) is 123 Å². The van der Waals surface area contributed by atoms with Crippen LogP contribution in [0, 0.1) is 0 Å². The van der Waals surface area contributed by atoms with Gasteiger partial charge in [0.05, 0.1) is 11.0 Å². The highest BCUT2D eigenvalue weighted by Crippen LogP contribution is 2.36. The third-order valence-electron chi connectivity index (χ3n) is 2.76. The number of benzene rings is 1. The summed E-state index contributed by atoms with van der Waals surface area (Å²) >= 11 is 5.94. The van der Waals surface area contributed by atoms with E-state index in [0.29, 0.717) is 34.5 Å². The molecule has 0 fully saturated rings. The van der Waals surface area contributed by atoms with Crippen LogP contribution < -0.4 is 11.1 Å². The molecule has 9 heteroatoms. The number of aromatic amines is 2. The molecule has 2 aromatic rings. The van der Waals surface area contributed by atoms with E-state index in [9.17, 15) is 14.2 Å². The van der Waals surface area contributed by atoms with Gasteiger partial charge in [0.15, 0.2) is 0 Å². The smallest absolute Gasteiger partial charge is 0.321 e. The average molecular weight is 331 g/mol. The minimum absolute atomic E-state index is 0.349. The minimum Gasteiger partial charge on any atom is -0.321 e. The van der Waals surface area contributed by atoms with Crippen molar-refractivity contribution < 1.29 is 14.4 Å². The van der Waals surface area contributed by atoms with Crippen molar-refractivity contribution in [2.75, 3.05) is 0 Å². The van der Waals surface area contributed by atoms with E-state index in [4.69, 9.17) is 21.4 Å². The van der Waals surface area contributed by atoms with Crippen molar-refractivity contribution in [1.29, 1.82) is 0 Å². The van der Waals surface area contributed by atoms with Gasteiger partial charge in [0, 0.05) is 10.8 Å². The fourth-order valence-corrected chi connectivity index (χ4v) is 2.57. The molecular formula is C12H12ClN2O5P. The number of fused-ring (bicyclic) bond motifs is 1. The van der Waals surface area contributed by atoms with Crippen LogP contribution in [-0.2, 0) is 11.0 Å². The van der Waals surface area contributed by atoms with Crippen LogP contribution in [-0.4, -0.2) is 19.8 Å². The van der Waals surface area contributed by atoms with Crippen molar-refractivity contribution in [3.63, 3.8) is 0 Å². The average Bonchev–Trinajstić information content (AvgIpc) is 2.35. The van der Waals surface area contributed by atoms with Gasteiger partial charge in [-0.15, -0.1) is 0 Å². The summed E-state index contributed by atoms with van der Waals surface area (Å²) in [5.74, 6) is 0.824. The fraction of sp³-hybridized carbons (Fsp3) is 0.167. The van der Waals surface area contributed by atoms with Gasteiger partial charge in [0.25, 0.3) is 0 Å². The van der Waals surface area contributed by atoms with Crippen molar-refractivity contribution in [2.24, 2.45) is 0 Å². The number of allylic oxidation sites excluding steroid dienone is 1. The van der Waals surface area contributed by atoms with Crippen molar-refractivity contribution in [1.82, 2.24) is 9.97 Å². The van der Waals surface area contributed by atoms with Gasteiger partial charge in [-0.1, -0.05) is 17.7 Å². The zero-order valence-corrected chi connectivity index (χ0v) is 12.3. The van der Waals surface area contributed by atoms with Gasteiger partial charge in [-0.05, 0) is 30.5 Å². The molecule has 0 amide bonds. The van der Waals surface area contributed by atoms with E-state index in [1.54, 1.807) is 6.07 Å². The van der Waals surface area contributed by atoms with E-state index < -0.39 is 18.7 Å². The van der Waals surface area contributed by atoms with Gasteiger partial charge in [0.2, 0.25) is 0 Å². The molecule has 0 atom stereocenters. The molecule has 4 N–H and O–H groups in total. The Bertz CT molecular complexity index is 864. The minimum atomic E-state index is -4.17. The van der Waals surface area contributed by atoms with Crippen LogP contribution in [0.1, 0.15) is 12.0 Å². The summed E-state index contributed by atoms with van der Waals surface area (Å²) in [6.45, 7) is 0. The van der Waals surface area contributed by atoms with Crippen LogP contribution in [0.4, 0.5) is 0 Å². The van der Waals surface area contributed by atoms with Gasteiger partial charge >= 0.3 is 18.7 Å². The Labute approximate surface area is 123 Å². The van der Waals surface area contributed by atoms with Crippen molar-refractivity contribution >= 4 is 30.2 Å². The molecule has 0 radical (unpaired) electrons. The third-order valence-corrected chi connectivity index (χ3v) is 3.58. The number of hydrogen-bond acceptors (Lipinski definition) is 3. The predicted molar refractivity (Wildman–Crippen MR) is 79.7 cm³/mol. The molecule has 0 bridgehead atoms. The van der Waals surface area contributed by atoms with Gasteiger partial charge in [-0.2, -0.15) is 0 Å². The molecule has 7 nitrogen and oxygen atoms in total. The molecule has 0 aliphatic carbocycles. The van der Waals surface area contributed by atoms with Gasteiger partial charge in [0.1, 0.15) is 0 Å². The van der Waals surface area contributed by atoms with Crippen molar-refractivity contribution in [2.45, 2.75) is 12.8 Å². The lowest BCUT2D eigenvalue weighted by Gasteiger charge is -2.06. The first-order valence-electron chi connectivity index (χ1n) is 5.94. The number of rotatable bonds is 4. The molecule has 21 heavy (non-hydrogen) atoms. The molecule has 0 saturated carbocycles. The second kappa shape index (κ2) is 5.99. The van der Waals surface area contributed by atoms with E-state index in [1.807, 2.05) is 0 Å². The maximum absolute atomic E-state index is 11.4. The summed E-state index contributed by atoms with van der Waals surface area (Å²) in [5.41, 5.74) is -0.00944. The number of aryl methyl sites for hydroxylation is 1. The highest BCUT2D eigenvalue weighted by Gasteiger charge is 2.08. The lowest BCUT2D eigenvalue weighted by molar-refractivity contribution is 0.386. The third kappa shape index (κ3) is 4.15. The Balaban J connectivity index is 2.37. The highest BCUT2D eigenvalue weighted by molar-refractivity contribution is 7.55. The largest absolute Gasteiger partial charge is 0.348 e. The van der Waals surface area contributed by atoms with Crippen LogP contribution in [0.5, 0.6) is 0 Å². The monoisotopic (exact) mass is 330 g/mol. The van der Waals surface area contributed by atoms with E-state index >= 15 is 0 Å². The molecule has 0 spiro atoms. The Morgan fingerprint density at radius 3 is 2.52 bits per heavy atom. The van der Waals surface area contributed by atoms with E-state index in [1.165, 1.54) is 12.1 Å². The number of nitrogens with one attached hydrogen (secondary N) is 2. The summed E-state index contributed by atoms with van der Waals surface area (Å²) in [6, 6.07) is 3.15. The van der Waals surface area contributed by atoms with E-state index in [2.05, 4.69) is 9.97 Å². The fourth-order valence-electron chi connectivity index (χ4n) is 1.91. The SMILES string of the molecule is O=c1[nH]c2cc(Cl)cc(CC/C=C/P(=O)(O)O)c2[nH]c1=O. The van der Waals surface area contributed by atoms with Crippen molar-refractivity contribution in [3.05, 3.63) is 55.3 Å². The van der Waals surface area contributed by atoms with Crippen LogP contribution in [0.2, 0.25) is 5.02 Å². The number of hydrogen-bond donors (Lipinski definition) is 4. The molecule has 1 aromatic carbocycles. The Hall–Kier alpha value is -1.66. The Kier molecular flexibility index (Phi) is 4.49. The van der Waals surface area contributed by atoms with Gasteiger partial charge in [-0.25, -0.2) is 0 Å². The molecule has 2 rings (SSSR count). The second-order valence-electron chi connectivity index (χ2n) is 4.41. The van der Waals surface area contributed by atoms with Crippen LogP contribution in [0.3, 0.4) is 0 Å². The summed E-state index contributed by atoms with van der Waals surface area (Å²) in [7, 11) is -4.17. The quantitative estimate of drug-likeness (QED) is 0.499. The lowest BCUT2D eigenvalue weighted by Crippen LogP contribution is -2.29. The molecule has 0 aliphatic heterocycles. The normalized spacial score (nSPS) is 12.3. The number of H-pyrrole nitrogens is 2. The Morgan fingerprint density at radius 2 is 1.86 bits per heavy atom. The van der Waals surface area contributed by atoms with Gasteiger partial charge in [-0.3, -0.25) is 14.2 Å². The summed E-state index contributed by atoms with van der Waals surface area (Å²) in [4.78, 5) is 45.0. The molecule has 112 valence electrons. The predicted octanol–water partition coefficient (Wildman–Crippen LogP) is 1.49. The molecule has 0 aliphatic rings. The first kappa shape index (κ1) is 15.7. The second-order valence-corrected chi connectivity index (χ2v) is 6.32. The number of halogens is 1. The summed E-state index contributed by atoms with van der Waals surface area (Å²) < 4.78 is 10.7. The van der Waals surface area contributed by atoms with Crippen LogP contribution in [0.15, 0.2) is 33.6 Å². The first-order valence-corrected chi connectivity index (χ1v) is 8.00. The van der Waals surface area contributed by atoms with Crippen LogP contribution in [0.25, 0.3) is 11.0 Å². The maximum Gasteiger partial charge on any atom is 0.348 e. The molecule has 0 saturated heterocycles.